The Hall–Kier alpha value is -3.22. The highest BCUT2D eigenvalue weighted by atomic mass is 19.1. The lowest BCUT2D eigenvalue weighted by atomic mass is 10.1. The average molecular weight is 358 g/mol. The van der Waals surface area contributed by atoms with E-state index in [0.29, 0.717) is 11.5 Å². The molecule has 0 unspecified atom stereocenters. The van der Waals surface area contributed by atoms with E-state index in [4.69, 9.17) is 9.84 Å². The van der Waals surface area contributed by atoms with Gasteiger partial charge in [-0.15, -0.1) is 0 Å². The molecule has 5 nitrogen and oxygen atoms in total. The molecule has 2 aromatic carbocycles. The minimum Gasteiger partial charge on any atom is -0.481 e. The minimum absolute atomic E-state index is 0.0461. The lowest BCUT2D eigenvalue weighted by Crippen LogP contribution is -2.03. The summed E-state index contributed by atoms with van der Waals surface area (Å²) >= 11 is 0. The summed E-state index contributed by atoms with van der Waals surface area (Å²) in [4.78, 5) is 17.8. The molecule has 1 heterocycles. The number of nitrogens with zero attached hydrogens (tertiary/aromatic N) is 1. The van der Waals surface area contributed by atoms with Crippen molar-refractivity contribution in [3.8, 4) is 17.1 Å². The van der Waals surface area contributed by atoms with Gasteiger partial charge in [0.15, 0.2) is 17.4 Å². The van der Waals surface area contributed by atoms with Crippen molar-refractivity contribution in [1.82, 2.24) is 9.97 Å². The molecular weight excluding hydrogens is 342 g/mol. The van der Waals surface area contributed by atoms with E-state index in [1.165, 1.54) is 0 Å². The van der Waals surface area contributed by atoms with Gasteiger partial charge in [-0.2, -0.15) is 0 Å². The summed E-state index contributed by atoms with van der Waals surface area (Å²) in [5.41, 5.74) is 1.72. The maximum atomic E-state index is 14.1. The van der Waals surface area contributed by atoms with Gasteiger partial charge in [-0.25, -0.2) is 13.8 Å². The average Bonchev–Trinajstić information content (AvgIpc) is 3.09. The van der Waals surface area contributed by atoms with Crippen molar-refractivity contribution in [2.24, 2.45) is 0 Å². The molecule has 2 N–H and O–H groups in total. The number of hydrogen-bond acceptors (Lipinski definition) is 3. The summed E-state index contributed by atoms with van der Waals surface area (Å²) in [6.45, 7) is -0.0812. The highest BCUT2D eigenvalue weighted by Crippen LogP contribution is 2.25. The third-order valence-corrected chi connectivity index (χ3v) is 3.73. The van der Waals surface area contributed by atoms with Gasteiger partial charge in [0.2, 0.25) is 0 Å². The number of halogens is 2. The van der Waals surface area contributed by atoms with E-state index in [1.807, 2.05) is 30.3 Å². The van der Waals surface area contributed by atoms with E-state index in [1.54, 1.807) is 6.20 Å². The topological polar surface area (TPSA) is 75.2 Å². The number of aryl methyl sites for hydroxylation is 1. The van der Waals surface area contributed by atoms with Crippen molar-refractivity contribution in [1.29, 1.82) is 0 Å². The lowest BCUT2D eigenvalue weighted by molar-refractivity contribution is -0.136. The van der Waals surface area contributed by atoms with Crippen LogP contribution in [0, 0.1) is 11.6 Å². The molecule has 0 aliphatic heterocycles. The van der Waals surface area contributed by atoms with Gasteiger partial charge in [-0.3, -0.25) is 4.79 Å². The Bertz CT molecular complexity index is 887. The van der Waals surface area contributed by atoms with E-state index < -0.39 is 23.4 Å². The molecule has 0 atom stereocenters. The molecule has 0 saturated heterocycles. The highest BCUT2D eigenvalue weighted by molar-refractivity contribution is 5.67. The predicted molar refractivity (Wildman–Crippen MR) is 90.7 cm³/mol. The van der Waals surface area contributed by atoms with Crippen LogP contribution < -0.4 is 4.74 Å². The molecule has 0 radical (unpaired) electrons. The van der Waals surface area contributed by atoms with E-state index in [9.17, 15) is 13.6 Å². The molecule has 0 aliphatic rings. The highest BCUT2D eigenvalue weighted by Gasteiger charge is 2.14. The number of nitrogens with one attached hydrogen (secondary N) is 1. The Morgan fingerprint density at radius 1 is 1.15 bits per heavy atom. The molecule has 134 valence electrons. The Kier molecular flexibility index (Phi) is 5.26. The number of imidazole rings is 1. The molecule has 0 amide bonds. The Labute approximate surface area is 148 Å². The number of carboxylic acid groups (broad SMARTS) is 1. The van der Waals surface area contributed by atoms with E-state index in [2.05, 4.69) is 9.97 Å². The van der Waals surface area contributed by atoms with Crippen molar-refractivity contribution in [2.75, 3.05) is 0 Å². The molecule has 26 heavy (non-hydrogen) atoms. The number of carbonyl (C=O) groups is 1. The van der Waals surface area contributed by atoms with Gasteiger partial charge in [0.25, 0.3) is 0 Å². The zero-order valence-electron chi connectivity index (χ0n) is 13.7. The Balaban J connectivity index is 1.68. The van der Waals surface area contributed by atoms with Gasteiger partial charge in [0.05, 0.1) is 11.9 Å². The van der Waals surface area contributed by atoms with Gasteiger partial charge in [0, 0.05) is 12.0 Å². The molecular formula is C19H16F2N2O3. The molecule has 0 saturated carbocycles. The van der Waals surface area contributed by atoms with E-state index in [-0.39, 0.29) is 25.0 Å². The zero-order chi connectivity index (χ0) is 18.5. The standard InChI is InChI=1S/C19H16F2N2O3/c20-15-8-12(6-7-17(24)25)9-16(21)18(15)26-11-14-10-22-19(23-14)13-4-2-1-3-5-13/h1-5,8-10H,6-7,11H2,(H,22,23)(H,24,25). The number of aromatic amines is 1. The maximum Gasteiger partial charge on any atom is 0.303 e. The first-order valence-corrected chi connectivity index (χ1v) is 7.95. The summed E-state index contributed by atoms with van der Waals surface area (Å²) in [7, 11) is 0. The summed E-state index contributed by atoms with van der Waals surface area (Å²) in [6.07, 6.45) is 1.39. The summed E-state index contributed by atoms with van der Waals surface area (Å²) in [5.74, 6) is -2.63. The third kappa shape index (κ3) is 4.24. The first kappa shape index (κ1) is 17.6. The number of ether oxygens (including phenoxy) is 1. The van der Waals surface area contributed by atoms with Gasteiger partial charge < -0.3 is 14.8 Å². The molecule has 0 bridgehead atoms. The minimum atomic E-state index is -1.03. The molecule has 7 heteroatoms. The van der Waals surface area contributed by atoms with Crippen molar-refractivity contribution < 1.29 is 23.4 Å². The van der Waals surface area contributed by atoms with E-state index in [0.717, 1.165) is 17.7 Å². The van der Waals surface area contributed by atoms with Crippen LogP contribution in [0.15, 0.2) is 48.7 Å². The normalized spacial score (nSPS) is 10.7. The van der Waals surface area contributed by atoms with Gasteiger partial charge in [-0.05, 0) is 24.1 Å². The number of hydrogen-bond donors (Lipinski definition) is 2. The lowest BCUT2D eigenvalue weighted by Gasteiger charge is -2.09. The molecule has 0 fully saturated rings. The van der Waals surface area contributed by atoms with Crippen LogP contribution in [0.25, 0.3) is 11.4 Å². The summed E-state index contributed by atoms with van der Waals surface area (Å²) < 4.78 is 33.4. The monoisotopic (exact) mass is 358 g/mol. The Morgan fingerprint density at radius 2 is 1.85 bits per heavy atom. The fraction of sp³-hybridized carbons (Fsp3) is 0.158. The first-order valence-electron chi connectivity index (χ1n) is 7.95. The van der Waals surface area contributed by atoms with Crippen LogP contribution in [-0.2, 0) is 17.8 Å². The molecule has 0 aliphatic carbocycles. The van der Waals surface area contributed by atoms with Crippen molar-refractivity contribution in [2.45, 2.75) is 19.4 Å². The summed E-state index contributed by atoms with van der Waals surface area (Å²) in [5, 5.41) is 8.64. The smallest absolute Gasteiger partial charge is 0.303 e. The van der Waals surface area contributed by atoms with Crippen LogP contribution in [0.4, 0.5) is 8.78 Å². The van der Waals surface area contributed by atoms with Crippen LogP contribution in [0.1, 0.15) is 17.7 Å². The second-order valence-corrected chi connectivity index (χ2v) is 5.69. The van der Waals surface area contributed by atoms with Crippen LogP contribution in [0.3, 0.4) is 0 Å². The van der Waals surface area contributed by atoms with Gasteiger partial charge in [-0.1, -0.05) is 30.3 Å². The van der Waals surface area contributed by atoms with Gasteiger partial charge in [0.1, 0.15) is 12.4 Å². The maximum absolute atomic E-state index is 14.1. The van der Waals surface area contributed by atoms with Crippen LogP contribution >= 0.6 is 0 Å². The second-order valence-electron chi connectivity index (χ2n) is 5.69. The molecule has 1 aromatic heterocycles. The summed E-state index contributed by atoms with van der Waals surface area (Å²) in [6, 6.07) is 11.6. The Morgan fingerprint density at radius 3 is 2.50 bits per heavy atom. The van der Waals surface area contributed by atoms with E-state index >= 15 is 0 Å². The third-order valence-electron chi connectivity index (χ3n) is 3.73. The first-order chi connectivity index (χ1) is 12.5. The molecule has 0 spiro atoms. The number of benzene rings is 2. The predicted octanol–water partition coefficient (Wildman–Crippen LogP) is 3.95. The number of carboxylic acids is 1. The largest absolute Gasteiger partial charge is 0.481 e. The van der Waals surface area contributed by atoms with Crippen molar-refractivity contribution in [3.05, 3.63) is 71.6 Å². The quantitative estimate of drug-likeness (QED) is 0.671. The number of aromatic nitrogens is 2. The van der Waals surface area contributed by atoms with Crippen molar-refractivity contribution in [3.63, 3.8) is 0 Å². The SMILES string of the molecule is O=C(O)CCc1cc(F)c(OCc2cnc(-c3ccccc3)[nH]2)c(F)c1. The fourth-order valence-electron chi connectivity index (χ4n) is 2.47. The van der Waals surface area contributed by atoms with Crippen LogP contribution in [0.5, 0.6) is 5.75 Å². The number of aliphatic carboxylic acids is 1. The fourth-order valence-corrected chi connectivity index (χ4v) is 2.47. The molecule has 3 aromatic rings. The molecule has 3 rings (SSSR count). The number of rotatable bonds is 7. The zero-order valence-corrected chi connectivity index (χ0v) is 13.7. The van der Waals surface area contributed by atoms with Crippen molar-refractivity contribution >= 4 is 5.97 Å². The second kappa shape index (κ2) is 7.77. The number of H-pyrrole nitrogens is 1. The van der Waals surface area contributed by atoms with Crippen LogP contribution in [0.2, 0.25) is 0 Å². The van der Waals surface area contributed by atoms with Gasteiger partial charge >= 0.3 is 5.97 Å². The van der Waals surface area contributed by atoms with Crippen LogP contribution in [-0.4, -0.2) is 21.0 Å².